The highest BCUT2D eigenvalue weighted by Gasteiger charge is 2.01. The lowest BCUT2D eigenvalue weighted by atomic mass is 10.2. The number of thiophene rings is 1. The first kappa shape index (κ1) is 8.60. The van der Waals surface area contributed by atoms with Crippen LogP contribution < -0.4 is 0 Å². The molecule has 1 heterocycles. The van der Waals surface area contributed by atoms with E-state index in [-0.39, 0.29) is 0 Å². The van der Waals surface area contributed by atoms with Crippen molar-refractivity contribution in [3.05, 3.63) is 33.6 Å². The van der Waals surface area contributed by atoms with Crippen LogP contribution in [0.15, 0.2) is 28.1 Å². The van der Waals surface area contributed by atoms with Gasteiger partial charge in [0.2, 0.25) is 0 Å². The smallest absolute Gasteiger partial charge is 0.0346 e. The Labute approximate surface area is 89.1 Å². The summed E-state index contributed by atoms with van der Waals surface area (Å²) in [7, 11) is 0. The van der Waals surface area contributed by atoms with Gasteiger partial charge in [-0.1, -0.05) is 15.9 Å². The molecule has 2 aromatic rings. The second-order valence-corrected chi connectivity index (χ2v) is 4.70. The Morgan fingerprint density at radius 1 is 1.42 bits per heavy atom. The van der Waals surface area contributed by atoms with Crippen molar-refractivity contribution in [3.8, 4) is 0 Å². The standard InChI is InChI=1S/C9H7BrS2/c10-7-1-2-9-8(3-7)6(4-11)5-12-9/h1-3,5,11H,4H2. The number of halogens is 1. The molecule has 62 valence electrons. The maximum absolute atomic E-state index is 4.28. The molecule has 0 aliphatic carbocycles. The van der Waals surface area contributed by atoms with Crippen LogP contribution in [-0.2, 0) is 5.75 Å². The summed E-state index contributed by atoms with van der Waals surface area (Å²) in [5.74, 6) is 0.816. The second kappa shape index (κ2) is 3.40. The maximum atomic E-state index is 4.28. The van der Waals surface area contributed by atoms with Crippen molar-refractivity contribution in [1.29, 1.82) is 0 Å². The molecule has 0 amide bonds. The maximum Gasteiger partial charge on any atom is 0.0346 e. The predicted molar refractivity (Wildman–Crippen MR) is 62.2 cm³/mol. The van der Waals surface area contributed by atoms with E-state index < -0.39 is 0 Å². The number of hydrogen-bond donors (Lipinski definition) is 1. The van der Waals surface area contributed by atoms with Gasteiger partial charge in [-0.15, -0.1) is 11.3 Å². The van der Waals surface area contributed by atoms with E-state index in [0.29, 0.717) is 0 Å². The minimum Gasteiger partial charge on any atom is -0.174 e. The second-order valence-electron chi connectivity index (χ2n) is 2.56. The predicted octanol–water partition coefficient (Wildman–Crippen LogP) is 4.09. The highest BCUT2D eigenvalue weighted by atomic mass is 79.9. The summed E-state index contributed by atoms with van der Waals surface area (Å²) in [5.41, 5.74) is 1.32. The number of benzene rings is 1. The molecular weight excluding hydrogens is 252 g/mol. The number of fused-ring (bicyclic) bond motifs is 1. The molecule has 0 nitrogen and oxygen atoms in total. The zero-order valence-electron chi connectivity index (χ0n) is 6.25. The fourth-order valence-corrected chi connectivity index (χ4v) is 2.87. The number of rotatable bonds is 1. The zero-order chi connectivity index (χ0) is 8.55. The van der Waals surface area contributed by atoms with Crippen LogP contribution in [0.2, 0.25) is 0 Å². The normalized spacial score (nSPS) is 10.8. The molecule has 0 atom stereocenters. The third-order valence-electron chi connectivity index (χ3n) is 1.79. The van der Waals surface area contributed by atoms with Crippen molar-refractivity contribution in [2.75, 3.05) is 0 Å². The van der Waals surface area contributed by atoms with Crippen molar-refractivity contribution in [2.45, 2.75) is 5.75 Å². The summed E-state index contributed by atoms with van der Waals surface area (Å²) in [6, 6.07) is 6.36. The van der Waals surface area contributed by atoms with Gasteiger partial charge < -0.3 is 0 Å². The molecule has 0 aliphatic heterocycles. The lowest BCUT2D eigenvalue weighted by Crippen LogP contribution is -1.72. The molecular formula is C9H7BrS2. The van der Waals surface area contributed by atoms with Gasteiger partial charge in [-0.25, -0.2) is 0 Å². The van der Waals surface area contributed by atoms with Gasteiger partial charge in [0.25, 0.3) is 0 Å². The first-order chi connectivity index (χ1) is 5.81. The van der Waals surface area contributed by atoms with E-state index in [9.17, 15) is 0 Å². The fraction of sp³-hybridized carbons (Fsp3) is 0.111. The molecule has 2 rings (SSSR count). The Kier molecular flexibility index (Phi) is 2.44. The molecule has 0 saturated heterocycles. The summed E-state index contributed by atoms with van der Waals surface area (Å²) in [5, 5.41) is 3.49. The van der Waals surface area contributed by atoms with Gasteiger partial charge >= 0.3 is 0 Å². The van der Waals surface area contributed by atoms with Crippen molar-refractivity contribution < 1.29 is 0 Å². The van der Waals surface area contributed by atoms with Crippen LogP contribution in [0.25, 0.3) is 10.1 Å². The van der Waals surface area contributed by atoms with Crippen LogP contribution in [0.4, 0.5) is 0 Å². The zero-order valence-corrected chi connectivity index (χ0v) is 9.55. The van der Waals surface area contributed by atoms with E-state index in [1.54, 1.807) is 11.3 Å². The Hall–Kier alpha value is 0.01000. The van der Waals surface area contributed by atoms with Crippen molar-refractivity contribution in [2.24, 2.45) is 0 Å². The average Bonchev–Trinajstić information content (AvgIpc) is 2.46. The molecule has 0 fully saturated rings. The van der Waals surface area contributed by atoms with Crippen LogP contribution in [0.3, 0.4) is 0 Å². The van der Waals surface area contributed by atoms with Gasteiger partial charge in [-0.2, -0.15) is 12.6 Å². The van der Waals surface area contributed by atoms with Gasteiger partial charge in [0.05, 0.1) is 0 Å². The SMILES string of the molecule is SCc1csc2ccc(Br)cc12. The molecule has 1 aromatic heterocycles. The number of thiol groups is 1. The van der Waals surface area contributed by atoms with Crippen molar-refractivity contribution in [3.63, 3.8) is 0 Å². The van der Waals surface area contributed by atoms with E-state index in [1.165, 1.54) is 15.6 Å². The third-order valence-corrected chi connectivity index (χ3v) is 3.63. The quantitative estimate of drug-likeness (QED) is 0.732. The van der Waals surface area contributed by atoms with Gasteiger partial charge in [0.15, 0.2) is 0 Å². The molecule has 12 heavy (non-hydrogen) atoms. The molecule has 0 spiro atoms. The van der Waals surface area contributed by atoms with Gasteiger partial charge in [-0.05, 0) is 34.5 Å². The Morgan fingerprint density at radius 3 is 3.00 bits per heavy atom. The van der Waals surface area contributed by atoms with Crippen molar-refractivity contribution >= 4 is 50.0 Å². The largest absolute Gasteiger partial charge is 0.174 e. The Morgan fingerprint density at radius 2 is 2.25 bits per heavy atom. The lowest BCUT2D eigenvalue weighted by molar-refractivity contribution is 1.53. The monoisotopic (exact) mass is 258 g/mol. The van der Waals surface area contributed by atoms with E-state index in [4.69, 9.17) is 0 Å². The highest BCUT2D eigenvalue weighted by Crippen LogP contribution is 2.29. The molecule has 1 aromatic carbocycles. The van der Waals surface area contributed by atoms with E-state index >= 15 is 0 Å². The molecule has 0 unspecified atom stereocenters. The lowest BCUT2D eigenvalue weighted by Gasteiger charge is -1.94. The van der Waals surface area contributed by atoms with E-state index in [2.05, 4.69) is 52.1 Å². The van der Waals surface area contributed by atoms with E-state index in [1.807, 2.05) is 0 Å². The molecule has 0 saturated carbocycles. The third kappa shape index (κ3) is 1.41. The summed E-state index contributed by atoms with van der Waals surface area (Å²) < 4.78 is 2.47. The van der Waals surface area contributed by atoms with Crippen LogP contribution in [-0.4, -0.2) is 0 Å². The molecule has 3 heteroatoms. The Bertz CT molecular complexity index is 406. The molecule has 0 radical (unpaired) electrons. The molecule has 0 bridgehead atoms. The first-order valence-electron chi connectivity index (χ1n) is 3.58. The van der Waals surface area contributed by atoms with Crippen LogP contribution >= 0.6 is 39.9 Å². The Balaban J connectivity index is 2.75. The van der Waals surface area contributed by atoms with E-state index in [0.717, 1.165) is 10.2 Å². The minimum atomic E-state index is 0.816. The summed E-state index contributed by atoms with van der Waals surface area (Å²) in [6.45, 7) is 0. The van der Waals surface area contributed by atoms with Crippen LogP contribution in [0.5, 0.6) is 0 Å². The molecule has 0 N–H and O–H groups in total. The van der Waals surface area contributed by atoms with Crippen molar-refractivity contribution in [1.82, 2.24) is 0 Å². The first-order valence-corrected chi connectivity index (χ1v) is 5.88. The van der Waals surface area contributed by atoms with Crippen LogP contribution in [0, 0.1) is 0 Å². The van der Waals surface area contributed by atoms with Gasteiger partial charge in [-0.3, -0.25) is 0 Å². The van der Waals surface area contributed by atoms with Crippen LogP contribution in [0.1, 0.15) is 5.56 Å². The topological polar surface area (TPSA) is 0 Å². The number of hydrogen-bond acceptors (Lipinski definition) is 2. The molecule has 0 aliphatic rings. The fourth-order valence-electron chi connectivity index (χ4n) is 1.18. The highest BCUT2D eigenvalue weighted by molar-refractivity contribution is 9.10. The minimum absolute atomic E-state index is 0.816. The summed E-state index contributed by atoms with van der Waals surface area (Å²) >= 11 is 9.52. The average molecular weight is 259 g/mol. The summed E-state index contributed by atoms with van der Waals surface area (Å²) in [4.78, 5) is 0. The van der Waals surface area contributed by atoms with Gasteiger partial charge in [0, 0.05) is 14.9 Å². The summed E-state index contributed by atoms with van der Waals surface area (Å²) in [6.07, 6.45) is 0. The van der Waals surface area contributed by atoms with Gasteiger partial charge in [0.1, 0.15) is 0 Å².